The number of carboxylic acid groups (broad SMARTS) is 1. The molecule has 5 heteroatoms. The van der Waals surface area contributed by atoms with Crippen LogP contribution in [0.5, 0.6) is 0 Å². The summed E-state index contributed by atoms with van der Waals surface area (Å²) < 4.78 is 0. The van der Waals surface area contributed by atoms with Crippen molar-refractivity contribution in [3.05, 3.63) is 30.1 Å². The summed E-state index contributed by atoms with van der Waals surface area (Å²) >= 11 is 0. The maximum absolute atomic E-state index is 12.2. The zero-order valence-electron chi connectivity index (χ0n) is 11.5. The second-order valence-electron chi connectivity index (χ2n) is 5.31. The van der Waals surface area contributed by atoms with Gasteiger partial charge in [0.25, 0.3) is 0 Å². The highest BCUT2D eigenvalue weighted by Crippen LogP contribution is 2.21. The summed E-state index contributed by atoms with van der Waals surface area (Å²) in [5.41, 5.74) is 0.920. The Balaban J connectivity index is 1.86. The maximum Gasteiger partial charge on any atom is 0.303 e. The second-order valence-corrected chi connectivity index (χ2v) is 5.31. The van der Waals surface area contributed by atoms with Crippen LogP contribution in [0.3, 0.4) is 0 Å². The number of likely N-dealkylation sites (tertiary alicyclic amines) is 1. The molecule has 1 aromatic rings. The van der Waals surface area contributed by atoms with E-state index in [2.05, 4.69) is 4.98 Å². The van der Waals surface area contributed by atoms with E-state index < -0.39 is 5.97 Å². The van der Waals surface area contributed by atoms with Gasteiger partial charge in [0.05, 0.1) is 6.42 Å². The highest BCUT2D eigenvalue weighted by Gasteiger charge is 2.22. The van der Waals surface area contributed by atoms with Gasteiger partial charge in [0, 0.05) is 31.9 Å². The monoisotopic (exact) mass is 276 g/mol. The van der Waals surface area contributed by atoms with Gasteiger partial charge in [-0.05, 0) is 36.8 Å². The molecule has 0 aromatic carbocycles. The van der Waals surface area contributed by atoms with E-state index in [4.69, 9.17) is 5.11 Å². The van der Waals surface area contributed by atoms with Crippen LogP contribution in [0.1, 0.15) is 31.2 Å². The minimum atomic E-state index is -0.745. The van der Waals surface area contributed by atoms with E-state index in [1.54, 1.807) is 12.4 Å². The van der Waals surface area contributed by atoms with Crippen LogP contribution < -0.4 is 0 Å². The van der Waals surface area contributed by atoms with Gasteiger partial charge >= 0.3 is 5.97 Å². The fourth-order valence-electron chi connectivity index (χ4n) is 2.65. The zero-order chi connectivity index (χ0) is 14.4. The molecule has 1 aliphatic rings. The molecule has 0 radical (unpaired) electrons. The van der Waals surface area contributed by atoms with Crippen LogP contribution in [0, 0.1) is 5.92 Å². The number of amides is 1. The number of pyridine rings is 1. The third-order valence-electron chi connectivity index (χ3n) is 3.74. The van der Waals surface area contributed by atoms with Gasteiger partial charge < -0.3 is 10.0 Å². The van der Waals surface area contributed by atoms with Gasteiger partial charge in [0.2, 0.25) is 5.91 Å². The largest absolute Gasteiger partial charge is 0.481 e. The standard InChI is InChI=1S/C15H20N2O3/c18-14(9-13-3-1-6-16-11-13)17-7-2-4-12(5-8-17)10-15(19)20/h1,3,6,11-12H,2,4-5,7-10H2,(H,19,20)/t12-/m1/s1. The first-order chi connectivity index (χ1) is 9.65. The summed E-state index contributed by atoms with van der Waals surface area (Å²) in [6.45, 7) is 1.40. The topological polar surface area (TPSA) is 70.5 Å². The molecule has 2 heterocycles. The van der Waals surface area contributed by atoms with E-state index in [9.17, 15) is 9.59 Å². The number of carbonyl (C=O) groups excluding carboxylic acids is 1. The van der Waals surface area contributed by atoms with Gasteiger partial charge in [-0.2, -0.15) is 0 Å². The van der Waals surface area contributed by atoms with Gasteiger partial charge in [-0.25, -0.2) is 0 Å². The first kappa shape index (κ1) is 14.5. The Kier molecular flexibility index (Phi) is 5.09. The molecule has 1 fully saturated rings. The number of rotatable bonds is 4. The SMILES string of the molecule is O=C(O)C[C@@H]1CCCN(C(=O)Cc2cccnc2)CC1. The quantitative estimate of drug-likeness (QED) is 0.909. The Morgan fingerprint density at radius 1 is 1.35 bits per heavy atom. The Morgan fingerprint density at radius 3 is 2.90 bits per heavy atom. The van der Waals surface area contributed by atoms with Gasteiger partial charge in [0.1, 0.15) is 0 Å². The predicted molar refractivity (Wildman–Crippen MR) is 74.1 cm³/mol. The minimum absolute atomic E-state index is 0.106. The molecule has 0 saturated carbocycles. The highest BCUT2D eigenvalue weighted by atomic mass is 16.4. The summed E-state index contributed by atoms with van der Waals surface area (Å²) in [5.74, 6) is -0.442. The molecule has 1 aromatic heterocycles. The lowest BCUT2D eigenvalue weighted by Gasteiger charge is -2.20. The molecule has 1 amide bonds. The van der Waals surface area contributed by atoms with Crippen molar-refractivity contribution in [2.45, 2.75) is 32.1 Å². The number of aliphatic carboxylic acids is 1. The van der Waals surface area contributed by atoms with Crippen molar-refractivity contribution >= 4 is 11.9 Å². The summed E-state index contributed by atoms with van der Waals surface area (Å²) in [6.07, 6.45) is 6.55. The number of carbonyl (C=O) groups is 2. The van der Waals surface area contributed by atoms with Gasteiger partial charge in [-0.15, -0.1) is 0 Å². The van der Waals surface area contributed by atoms with E-state index in [1.807, 2.05) is 17.0 Å². The molecule has 108 valence electrons. The molecule has 0 spiro atoms. The maximum atomic E-state index is 12.2. The molecule has 1 aliphatic heterocycles. The van der Waals surface area contributed by atoms with E-state index in [-0.39, 0.29) is 18.2 Å². The Bertz CT molecular complexity index is 461. The molecule has 1 saturated heterocycles. The van der Waals surface area contributed by atoms with Crippen molar-refractivity contribution in [2.75, 3.05) is 13.1 Å². The molecule has 0 aliphatic carbocycles. The first-order valence-electron chi connectivity index (χ1n) is 7.03. The minimum Gasteiger partial charge on any atom is -0.481 e. The van der Waals surface area contributed by atoms with Gasteiger partial charge in [-0.1, -0.05) is 6.07 Å². The van der Waals surface area contributed by atoms with Crippen molar-refractivity contribution in [3.8, 4) is 0 Å². The lowest BCUT2D eigenvalue weighted by molar-refractivity contribution is -0.138. The Hall–Kier alpha value is -1.91. The first-order valence-corrected chi connectivity index (χ1v) is 7.03. The molecular formula is C15H20N2O3. The number of aromatic nitrogens is 1. The molecule has 1 N–H and O–H groups in total. The van der Waals surface area contributed by atoms with Crippen LogP contribution in [0.2, 0.25) is 0 Å². The number of hydrogen-bond donors (Lipinski definition) is 1. The van der Waals surface area contributed by atoms with Crippen LogP contribution in [0.25, 0.3) is 0 Å². The Labute approximate surface area is 118 Å². The molecule has 2 rings (SSSR count). The third kappa shape index (κ3) is 4.33. The average Bonchev–Trinajstić information content (AvgIpc) is 2.65. The van der Waals surface area contributed by atoms with Crippen LogP contribution in [0.15, 0.2) is 24.5 Å². The average molecular weight is 276 g/mol. The molecule has 1 atom stereocenters. The summed E-state index contributed by atoms with van der Waals surface area (Å²) in [4.78, 5) is 28.8. The number of nitrogens with zero attached hydrogens (tertiary/aromatic N) is 2. The number of carboxylic acids is 1. The van der Waals surface area contributed by atoms with E-state index in [0.29, 0.717) is 13.0 Å². The molecular weight excluding hydrogens is 256 g/mol. The van der Waals surface area contributed by atoms with Gasteiger partial charge in [0.15, 0.2) is 0 Å². The van der Waals surface area contributed by atoms with Crippen LogP contribution in [0.4, 0.5) is 0 Å². The summed E-state index contributed by atoms with van der Waals surface area (Å²) in [5, 5.41) is 8.84. The summed E-state index contributed by atoms with van der Waals surface area (Å²) in [6, 6.07) is 3.73. The smallest absolute Gasteiger partial charge is 0.303 e. The van der Waals surface area contributed by atoms with Crippen molar-refractivity contribution in [2.24, 2.45) is 5.92 Å². The van der Waals surface area contributed by atoms with Crippen molar-refractivity contribution < 1.29 is 14.7 Å². The molecule has 0 unspecified atom stereocenters. The van der Waals surface area contributed by atoms with Crippen molar-refractivity contribution in [1.82, 2.24) is 9.88 Å². The lowest BCUT2D eigenvalue weighted by atomic mass is 9.97. The van der Waals surface area contributed by atoms with Crippen LogP contribution >= 0.6 is 0 Å². The zero-order valence-corrected chi connectivity index (χ0v) is 11.5. The Morgan fingerprint density at radius 2 is 2.20 bits per heavy atom. The van der Waals surface area contributed by atoms with Gasteiger partial charge in [-0.3, -0.25) is 14.6 Å². The van der Waals surface area contributed by atoms with E-state index in [1.165, 1.54) is 0 Å². The normalized spacial score (nSPS) is 19.4. The highest BCUT2D eigenvalue weighted by molar-refractivity contribution is 5.78. The van der Waals surface area contributed by atoms with Crippen LogP contribution in [-0.4, -0.2) is 40.0 Å². The van der Waals surface area contributed by atoms with Crippen molar-refractivity contribution in [1.29, 1.82) is 0 Å². The fourth-order valence-corrected chi connectivity index (χ4v) is 2.65. The number of hydrogen-bond acceptors (Lipinski definition) is 3. The van der Waals surface area contributed by atoms with Crippen molar-refractivity contribution in [3.63, 3.8) is 0 Å². The predicted octanol–water partition coefficient (Wildman–Crippen LogP) is 1.73. The molecule has 20 heavy (non-hydrogen) atoms. The van der Waals surface area contributed by atoms with E-state index >= 15 is 0 Å². The third-order valence-corrected chi connectivity index (χ3v) is 3.74. The molecule has 5 nitrogen and oxygen atoms in total. The van der Waals surface area contributed by atoms with Crippen LogP contribution in [-0.2, 0) is 16.0 Å². The molecule has 0 bridgehead atoms. The summed E-state index contributed by atoms with van der Waals surface area (Å²) in [7, 11) is 0. The van der Waals surface area contributed by atoms with E-state index in [0.717, 1.165) is 31.4 Å². The fraction of sp³-hybridized carbons (Fsp3) is 0.533. The lowest BCUT2D eigenvalue weighted by Crippen LogP contribution is -2.33. The second kappa shape index (κ2) is 7.03.